The highest BCUT2D eigenvalue weighted by Crippen LogP contribution is 2.17. The molecule has 0 fully saturated rings. The summed E-state index contributed by atoms with van der Waals surface area (Å²) in [7, 11) is 0. The minimum absolute atomic E-state index is 0.152. The van der Waals surface area contributed by atoms with Crippen LogP contribution in [0.1, 0.15) is 18.3 Å². The summed E-state index contributed by atoms with van der Waals surface area (Å²) in [4.78, 5) is 16.8. The third-order valence-electron chi connectivity index (χ3n) is 3.81. The summed E-state index contributed by atoms with van der Waals surface area (Å²) in [5, 5.41) is 2.74. The molecule has 3 rings (SSSR count). The minimum atomic E-state index is -0.329. The van der Waals surface area contributed by atoms with Crippen LogP contribution < -0.4 is 5.32 Å². The SMILES string of the molecule is CCc1nc2ccccc2n1CC(=O)Nc1ccc(C)c(F)c1. The first-order valence-corrected chi connectivity index (χ1v) is 7.58. The number of aryl methyl sites for hydroxylation is 2. The fourth-order valence-electron chi connectivity index (χ4n) is 2.59. The highest BCUT2D eigenvalue weighted by molar-refractivity contribution is 5.91. The van der Waals surface area contributed by atoms with E-state index in [0.717, 1.165) is 23.3 Å². The Kier molecular flexibility index (Phi) is 4.10. The molecule has 0 bridgehead atoms. The molecule has 1 amide bonds. The van der Waals surface area contributed by atoms with E-state index in [-0.39, 0.29) is 18.3 Å². The minimum Gasteiger partial charge on any atom is -0.324 e. The number of hydrogen-bond donors (Lipinski definition) is 1. The fraction of sp³-hybridized carbons (Fsp3) is 0.222. The number of rotatable bonds is 4. The second-order valence-electron chi connectivity index (χ2n) is 5.47. The van der Waals surface area contributed by atoms with Gasteiger partial charge in [-0.1, -0.05) is 25.1 Å². The highest BCUT2D eigenvalue weighted by Gasteiger charge is 2.12. The number of para-hydroxylation sites is 2. The molecule has 4 nitrogen and oxygen atoms in total. The first kappa shape index (κ1) is 15.2. The maximum Gasteiger partial charge on any atom is 0.244 e. The summed E-state index contributed by atoms with van der Waals surface area (Å²) in [5.74, 6) is 0.327. The van der Waals surface area contributed by atoms with Crippen molar-refractivity contribution in [1.29, 1.82) is 0 Å². The molecule has 1 aromatic heterocycles. The van der Waals surface area contributed by atoms with Crippen LogP contribution in [-0.4, -0.2) is 15.5 Å². The van der Waals surface area contributed by atoms with E-state index in [0.29, 0.717) is 11.3 Å². The average Bonchev–Trinajstić information content (AvgIpc) is 2.89. The van der Waals surface area contributed by atoms with Crippen LogP contribution in [-0.2, 0) is 17.8 Å². The van der Waals surface area contributed by atoms with Gasteiger partial charge in [-0.25, -0.2) is 9.37 Å². The van der Waals surface area contributed by atoms with Gasteiger partial charge in [-0.2, -0.15) is 0 Å². The van der Waals surface area contributed by atoms with Crippen LogP contribution in [0.25, 0.3) is 11.0 Å². The molecule has 0 aliphatic rings. The quantitative estimate of drug-likeness (QED) is 0.799. The van der Waals surface area contributed by atoms with Crippen LogP contribution in [0, 0.1) is 12.7 Å². The zero-order chi connectivity index (χ0) is 16.4. The normalized spacial score (nSPS) is 10.9. The van der Waals surface area contributed by atoms with Gasteiger partial charge in [0, 0.05) is 12.1 Å². The first-order valence-electron chi connectivity index (χ1n) is 7.58. The van der Waals surface area contributed by atoms with Gasteiger partial charge in [0.1, 0.15) is 18.2 Å². The molecule has 3 aromatic rings. The van der Waals surface area contributed by atoms with E-state index >= 15 is 0 Å². The number of benzene rings is 2. The second-order valence-corrected chi connectivity index (χ2v) is 5.47. The van der Waals surface area contributed by atoms with E-state index in [2.05, 4.69) is 10.3 Å². The Morgan fingerprint density at radius 1 is 1.26 bits per heavy atom. The maximum absolute atomic E-state index is 13.6. The van der Waals surface area contributed by atoms with Crippen molar-refractivity contribution in [3.63, 3.8) is 0 Å². The standard InChI is InChI=1S/C18H18FN3O/c1-3-17-21-15-6-4-5-7-16(15)22(17)11-18(23)20-13-9-8-12(2)14(19)10-13/h4-10H,3,11H2,1-2H3,(H,20,23). The lowest BCUT2D eigenvalue weighted by atomic mass is 10.2. The van der Waals surface area contributed by atoms with Gasteiger partial charge < -0.3 is 9.88 Å². The van der Waals surface area contributed by atoms with Crippen LogP contribution in [0.15, 0.2) is 42.5 Å². The average molecular weight is 311 g/mol. The van der Waals surface area contributed by atoms with E-state index < -0.39 is 0 Å². The molecule has 0 atom stereocenters. The molecule has 1 N–H and O–H groups in total. The van der Waals surface area contributed by atoms with E-state index in [4.69, 9.17) is 0 Å². The van der Waals surface area contributed by atoms with Crippen LogP contribution in [0.4, 0.5) is 10.1 Å². The van der Waals surface area contributed by atoms with Gasteiger partial charge in [0.25, 0.3) is 0 Å². The molecule has 5 heteroatoms. The first-order chi connectivity index (χ1) is 11.1. The lowest BCUT2D eigenvalue weighted by Crippen LogP contribution is -2.20. The third-order valence-corrected chi connectivity index (χ3v) is 3.81. The number of anilines is 1. The van der Waals surface area contributed by atoms with Crippen molar-refractivity contribution in [2.24, 2.45) is 0 Å². The van der Waals surface area contributed by atoms with Gasteiger partial charge in [-0.3, -0.25) is 4.79 Å². The van der Waals surface area contributed by atoms with E-state index in [1.165, 1.54) is 6.07 Å². The Morgan fingerprint density at radius 3 is 2.78 bits per heavy atom. The van der Waals surface area contributed by atoms with Crippen molar-refractivity contribution in [3.8, 4) is 0 Å². The maximum atomic E-state index is 13.6. The van der Waals surface area contributed by atoms with Crippen molar-refractivity contribution >= 4 is 22.6 Å². The molecule has 0 spiro atoms. The monoisotopic (exact) mass is 311 g/mol. The van der Waals surface area contributed by atoms with Gasteiger partial charge in [0.05, 0.1) is 11.0 Å². The number of hydrogen-bond acceptors (Lipinski definition) is 2. The number of halogens is 1. The molecule has 0 radical (unpaired) electrons. The fourth-order valence-corrected chi connectivity index (χ4v) is 2.59. The zero-order valence-corrected chi connectivity index (χ0v) is 13.1. The molecule has 23 heavy (non-hydrogen) atoms. The molecule has 118 valence electrons. The van der Waals surface area contributed by atoms with Crippen molar-refractivity contribution in [2.75, 3.05) is 5.32 Å². The van der Waals surface area contributed by atoms with Crippen LogP contribution >= 0.6 is 0 Å². The number of nitrogens with zero attached hydrogens (tertiary/aromatic N) is 2. The lowest BCUT2D eigenvalue weighted by Gasteiger charge is -2.10. The summed E-state index contributed by atoms with van der Waals surface area (Å²) < 4.78 is 15.5. The summed E-state index contributed by atoms with van der Waals surface area (Å²) >= 11 is 0. The topological polar surface area (TPSA) is 46.9 Å². The molecule has 0 saturated heterocycles. The number of aromatic nitrogens is 2. The Labute approximate surface area is 134 Å². The number of fused-ring (bicyclic) bond motifs is 1. The predicted molar refractivity (Wildman–Crippen MR) is 88.9 cm³/mol. The van der Waals surface area contributed by atoms with Gasteiger partial charge in [0.15, 0.2) is 0 Å². The summed E-state index contributed by atoms with van der Waals surface area (Å²) in [6.45, 7) is 3.84. The Balaban J connectivity index is 1.83. The molecule has 1 heterocycles. The smallest absolute Gasteiger partial charge is 0.244 e. The Hall–Kier alpha value is -2.69. The molecule has 0 saturated carbocycles. The molecule has 0 aliphatic carbocycles. The lowest BCUT2D eigenvalue weighted by molar-refractivity contribution is -0.116. The highest BCUT2D eigenvalue weighted by atomic mass is 19.1. The number of carbonyl (C=O) groups excluding carboxylic acids is 1. The van der Waals surface area contributed by atoms with Crippen molar-refractivity contribution in [2.45, 2.75) is 26.8 Å². The molecule has 0 aliphatic heterocycles. The second kappa shape index (κ2) is 6.20. The van der Waals surface area contributed by atoms with Gasteiger partial charge in [0.2, 0.25) is 5.91 Å². The van der Waals surface area contributed by atoms with Crippen LogP contribution in [0.3, 0.4) is 0 Å². The Bertz CT molecular complexity index is 870. The van der Waals surface area contributed by atoms with Crippen LogP contribution in [0.2, 0.25) is 0 Å². The summed E-state index contributed by atoms with van der Waals surface area (Å²) in [6, 6.07) is 12.4. The number of nitrogens with one attached hydrogen (secondary N) is 1. The van der Waals surface area contributed by atoms with Gasteiger partial charge >= 0.3 is 0 Å². The molecular weight excluding hydrogens is 293 g/mol. The van der Waals surface area contributed by atoms with Crippen LogP contribution in [0.5, 0.6) is 0 Å². The van der Waals surface area contributed by atoms with Gasteiger partial charge in [-0.05, 0) is 36.8 Å². The summed E-state index contributed by atoms with van der Waals surface area (Å²) in [5.41, 5.74) is 2.81. The van der Waals surface area contributed by atoms with E-state index in [1.807, 2.05) is 35.8 Å². The predicted octanol–water partition coefficient (Wildman–Crippen LogP) is 3.68. The van der Waals surface area contributed by atoms with Crippen molar-refractivity contribution < 1.29 is 9.18 Å². The van der Waals surface area contributed by atoms with Gasteiger partial charge in [-0.15, -0.1) is 0 Å². The van der Waals surface area contributed by atoms with E-state index in [1.54, 1.807) is 19.1 Å². The molecular formula is C18H18FN3O. The summed E-state index contributed by atoms with van der Waals surface area (Å²) in [6.07, 6.45) is 0.737. The third kappa shape index (κ3) is 3.08. The largest absolute Gasteiger partial charge is 0.324 e. The number of carbonyl (C=O) groups is 1. The number of amides is 1. The Morgan fingerprint density at radius 2 is 2.04 bits per heavy atom. The molecule has 0 unspecified atom stereocenters. The van der Waals surface area contributed by atoms with E-state index in [9.17, 15) is 9.18 Å². The molecule has 2 aromatic carbocycles. The van der Waals surface area contributed by atoms with Crippen molar-refractivity contribution in [3.05, 3.63) is 59.7 Å². The number of imidazole rings is 1. The zero-order valence-electron chi connectivity index (χ0n) is 13.1. The van der Waals surface area contributed by atoms with Crippen molar-refractivity contribution in [1.82, 2.24) is 9.55 Å².